The topological polar surface area (TPSA) is 0 Å². The van der Waals surface area contributed by atoms with Crippen LogP contribution < -0.4 is 0 Å². The van der Waals surface area contributed by atoms with Gasteiger partial charge in [-0.1, -0.05) is 25.1 Å². The molecule has 0 saturated carbocycles. The molecule has 0 spiro atoms. The largest absolute Gasteiger partial charge is 0.0837 e. The summed E-state index contributed by atoms with van der Waals surface area (Å²) < 4.78 is 0. The highest BCUT2D eigenvalue weighted by Crippen LogP contribution is 2.40. The minimum Gasteiger partial charge on any atom is -0.0837 e. The zero-order valence-electron chi connectivity index (χ0n) is 3.61. The van der Waals surface area contributed by atoms with Gasteiger partial charge in [0.15, 0.2) is 0 Å². The highest BCUT2D eigenvalue weighted by molar-refractivity contribution is 6.35. The molecule has 0 aliphatic heterocycles. The van der Waals surface area contributed by atoms with E-state index in [1.165, 1.54) is 11.1 Å². The molecule has 0 atom stereocenters. The van der Waals surface area contributed by atoms with Crippen LogP contribution in [-0.2, 0) is 0 Å². The van der Waals surface area contributed by atoms with E-state index in [4.69, 9.17) is 11.6 Å². The first-order valence-electron chi connectivity index (χ1n) is 2.18. The van der Waals surface area contributed by atoms with Crippen molar-refractivity contribution in [3.8, 4) is 11.1 Å². The van der Waals surface area contributed by atoms with Gasteiger partial charge in [-0.05, 0) is 17.7 Å². The van der Waals surface area contributed by atoms with Crippen LogP contribution >= 0.6 is 11.6 Å². The Morgan fingerprint density at radius 1 is 1.25 bits per heavy atom. The zero-order chi connectivity index (χ0) is 4.85. The van der Waals surface area contributed by atoms with Crippen LogP contribution in [0.25, 0.3) is 11.1 Å². The van der Waals surface area contributed by atoms with Crippen molar-refractivity contribution in [3.63, 3.8) is 0 Å². The summed E-state index contributed by atoms with van der Waals surface area (Å²) in [7, 11) is 0. The summed E-state index contributed by atoms with van der Waals surface area (Å²) >= 11 is 5.65. The Bertz CT molecular complexity index is 216. The van der Waals surface area contributed by atoms with E-state index in [2.05, 4.69) is 6.07 Å². The smallest absolute Gasteiger partial charge is 0.0484 e. The Balaban J connectivity index is 0.000000320. The summed E-state index contributed by atoms with van der Waals surface area (Å²) in [6, 6.07) is 6.02. The molecule has 1 heteroatoms. The van der Waals surface area contributed by atoms with Crippen LogP contribution in [0.4, 0.5) is 0 Å². The first-order valence-corrected chi connectivity index (χ1v) is 2.55. The molecule has 2 aliphatic carbocycles. The van der Waals surface area contributed by atoms with Gasteiger partial charge in [0.05, 0.1) is 0 Å². The molecule has 0 aromatic heterocycles. The predicted molar refractivity (Wildman–Crippen MR) is 37.2 cm³/mol. The van der Waals surface area contributed by atoms with Crippen molar-refractivity contribution >= 4 is 11.6 Å². The lowest BCUT2D eigenvalue weighted by Gasteiger charge is -1.68. The van der Waals surface area contributed by atoms with Crippen LogP contribution in [0.2, 0.25) is 5.02 Å². The van der Waals surface area contributed by atoms with E-state index >= 15 is 0 Å². The Kier molecular flexibility index (Phi) is 1.05. The Morgan fingerprint density at radius 3 is 2.12 bits per heavy atom. The summed E-state index contributed by atoms with van der Waals surface area (Å²) in [6.07, 6.45) is 0. The van der Waals surface area contributed by atoms with Crippen molar-refractivity contribution in [2.24, 2.45) is 0 Å². The number of hydrogen-bond acceptors (Lipinski definition) is 0. The first-order chi connectivity index (χ1) is 3.38. The number of hydrogen-bond donors (Lipinski definition) is 0. The molecule has 0 amide bonds. The molecule has 8 heavy (non-hydrogen) atoms. The normalized spacial score (nSPS) is 10.1. The second-order valence-corrected chi connectivity index (χ2v) is 2.10. The summed E-state index contributed by atoms with van der Waals surface area (Å²) in [6.45, 7) is 0. The average molecular weight is 127 g/mol. The second-order valence-electron chi connectivity index (χ2n) is 1.69. The van der Waals surface area contributed by atoms with Crippen molar-refractivity contribution in [1.29, 1.82) is 0 Å². The number of rotatable bonds is 0. The highest BCUT2D eigenvalue weighted by atomic mass is 35.5. The quantitative estimate of drug-likeness (QED) is 0.509. The lowest BCUT2D eigenvalue weighted by Crippen LogP contribution is -1.39. The van der Waals surface area contributed by atoms with Crippen LogP contribution in [0.1, 0.15) is 7.43 Å². The van der Waals surface area contributed by atoms with Crippen LogP contribution in [0.5, 0.6) is 0 Å². The van der Waals surface area contributed by atoms with Crippen molar-refractivity contribution in [2.75, 3.05) is 0 Å². The van der Waals surface area contributed by atoms with Crippen molar-refractivity contribution in [1.82, 2.24) is 0 Å². The van der Waals surface area contributed by atoms with Gasteiger partial charge in [0, 0.05) is 10.6 Å². The molecule has 0 aromatic rings. The second kappa shape index (κ2) is 1.49. The standard InChI is InChI=1S/C6H3Cl.CH4/c7-6-2-1-4-3-5(4)6;/h1-3H;1H4. The molecule has 2 rings (SSSR count). The van der Waals surface area contributed by atoms with E-state index in [-0.39, 0.29) is 7.43 Å². The Morgan fingerprint density at radius 2 is 2.00 bits per heavy atom. The number of benzene rings is 1. The van der Waals surface area contributed by atoms with Crippen LogP contribution in [0.3, 0.4) is 0 Å². The number of halogens is 1. The van der Waals surface area contributed by atoms with Gasteiger partial charge < -0.3 is 0 Å². The average Bonchev–Trinajstić information content (AvgIpc) is 2.33. The monoisotopic (exact) mass is 126 g/mol. The van der Waals surface area contributed by atoms with E-state index in [1.807, 2.05) is 12.1 Å². The molecule has 0 radical (unpaired) electrons. The van der Waals surface area contributed by atoms with E-state index < -0.39 is 0 Å². The minimum atomic E-state index is 0. The Labute approximate surface area is 54.1 Å². The maximum atomic E-state index is 5.65. The minimum absolute atomic E-state index is 0. The predicted octanol–water partition coefficient (Wildman–Crippen LogP) is 2.96. The van der Waals surface area contributed by atoms with E-state index in [1.54, 1.807) is 0 Å². The zero-order valence-corrected chi connectivity index (χ0v) is 4.37. The molecule has 0 unspecified atom stereocenters. The van der Waals surface area contributed by atoms with Crippen LogP contribution in [0, 0.1) is 0 Å². The third-order valence-corrected chi connectivity index (χ3v) is 1.52. The summed E-state index contributed by atoms with van der Waals surface area (Å²) in [4.78, 5) is 0. The van der Waals surface area contributed by atoms with Crippen molar-refractivity contribution in [3.05, 3.63) is 23.2 Å². The van der Waals surface area contributed by atoms with Crippen molar-refractivity contribution in [2.45, 2.75) is 7.43 Å². The molecule has 0 fully saturated rings. The molecule has 42 valence electrons. The molecule has 0 aromatic carbocycles. The fourth-order valence-corrected chi connectivity index (χ4v) is 0.944. The summed E-state index contributed by atoms with van der Waals surface area (Å²) in [5.74, 6) is 0. The lowest BCUT2D eigenvalue weighted by atomic mass is 10.5. The summed E-state index contributed by atoms with van der Waals surface area (Å²) in [5, 5.41) is 0.898. The number of fused-ring (bicyclic) bond motifs is 1. The SMILES string of the molecule is C.Clc1ccc2cc1-2. The molecular weight excluding hydrogens is 120 g/mol. The molecule has 0 nitrogen and oxygen atoms in total. The molecule has 0 N–H and O–H groups in total. The molecular formula is C7H7Cl. The van der Waals surface area contributed by atoms with Gasteiger partial charge in [0.2, 0.25) is 0 Å². The Hall–Kier alpha value is -0.490. The van der Waals surface area contributed by atoms with E-state index in [0.717, 1.165) is 5.02 Å². The van der Waals surface area contributed by atoms with Gasteiger partial charge in [-0.25, -0.2) is 0 Å². The third-order valence-electron chi connectivity index (χ3n) is 1.19. The fourth-order valence-electron chi connectivity index (χ4n) is 0.717. The fraction of sp³-hybridized carbons (Fsp3) is 0.143. The van der Waals surface area contributed by atoms with Crippen LogP contribution in [0.15, 0.2) is 18.2 Å². The summed E-state index contributed by atoms with van der Waals surface area (Å²) in [5.41, 5.74) is 2.55. The lowest BCUT2D eigenvalue weighted by molar-refractivity contribution is 2.00. The van der Waals surface area contributed by atoms with Gasteiger partial charge in [-0.2, -0.15) is 0 Å². The first kappa shape index (κ1) is 5.64. The van der Waals surface area contributed by atoms with E-state index in [0.29, 0.717) is 0 Å². The highest BCUT2D eigenvalue weighted by Gasteiger charge is 2.14. The molecule has 0 heterocycles. The van der Waals surface area contributed by atoms with Gasteiger partial charge in [-0.3, -0.25) is 0 Å². The van der Waals surface area contributed by atoms with Gasteiger partial charge in [-0.15, -0.1) is 0 Å². The van der Waals surface area contributed by atoms with E-state index in [9.17, 15) is 0 Å². The van der Waals surface area contributed by atoms with Gasteiger partial charge >= 0.3 is 0 Å². The van der Waals surface area contributed by atoms with Crippen molar-refractivity contribution < 1.29 is 0 Å². The third kappa shape index (κ3) is 0.532. The molecule has 0 saturated heterocycles. The maximum absolute atomic E-state index is 5.65. The van der Waals surface area contributed by atoms with Gasteiger partial charge in [0.25, 0.3) is 0 Å². The molecule has 2 aliphatic rings. The van der Waals surface area contributed by atoms with Gasteiger partial charge in [0.1, 0.15) is 0 Å². The molecule has 0 bridgehead atoms. The maximum Gasteiger partial charge on any atom is 0.0484 e. The van der Waals surface area contributed by atoms with Crippen LogP contribution in [-0.4, -0.2) is 0 Å².